The summed E-state index contributed by atoms with van der Waals surface area (Å²) in [6.45, 7) is 1.95. The maximum Gasteiger partial charge on any atom is 0.337 e. The van der Waals surface area contributed by atoms with E-state index in [1.165, 1.54) is 12.7 Å². The van der Waals surface area contributed by atoms with Crippen LogP contribution < -0.4 is 4.74 Å². The molecule has 1 aromatic rings. The maximum absolute atomic E-state index is 11.6. The lowest BCUT2D eigenvalue weighted by Gasteiger charge is -2.07. The van der Waals surface area contributed by atoms with Crippen LogP contribution in [0.25, 0.3) is 6.08 Å². The van der Waals surface area contributed by atoms with Crippen LogP contribution in [0.4, 0.5) is 0 Å². The fourth-order valence-electron chi connectivity index (χ4n) is 2.06. The highest BCUT2D eigenvalue weighted by Gasteiger charge is 2.15. The van der Waals surface area contributed by atoms with Crippen LogP contribution in [0.5, 0.6) is 5.75 Å². The summed E-state index contributed by atoms with van der Waals surface area (Å²) in [7, 11) is 3.04. The zero-order valence-electron chi connectivity index (χ0n) is 10.8. The molecule has 0 radical (unpaired) electrons. The van der Waals surface area contributed by atoms with Crippen molar-refractivity contribution in [2.24, 2.45) is 0 Å². The number of rotatable bonds is 2. The van der Waals surface area contributed by atoms with E-state index < -0.39 is 0 Å². The van der Waals surface area contributed by atoms with E-state index >= 15 is 0 Å². The summed E-state index contributed by atoms with van der Waals surface area (Å²) < 4.78 is 9.99. The second-order valence-electron chi connectivity index (χ2n) is 4.26. The molecule has 0 heterocycles. The summed E-state index contributed by atoms with van der Waals surface area (Å²) in [5.74, 6) is 0.529. The van der Waals surface area contributed by atoms with E-state index in [4.69, 9.17) is 9.47 Å². The van der Waals surface area contributed by atoms with Crippen molar-refractivity contribution in [3.8, 4) is 5.75 Å². The monoisotopic (exact) mass is 244 g/mol. The van der Waals surface area contributed by atoms with E-state index in [0.717, 1.165) is 23.3 Å². The Hall–Kier alpha value is -2.03. The Bertz CT molecular complexity index is 539. The number of allylic oxidation sites excluding steroid dienone is 1. The standard InChI is InChI=1S/C15H16O3/c1-10-8-11-4-6-13(17-2)9-12(11)5-7-14(10)15(16)18-3/h4-7,9H,8H2,1-3H3. The topological polar surface area (TPSA) is 35.5 Å². The zero-order chi connectivity index (χ0) is 13.1. The molecule has 1 aliphatic carbocycles. The first-order chi connectivity index (χ1) is 8.65. The largest absolute Gasteiger partial charge is 0.497 e. The highest BCUT2D eigenvalue weighted by atomic mass is 16.5. The predicted molar refractivity (Wildman–Crippen MR) is 70.4 cm³/mol. The fourth-order valence-corrected chi connectivity index (χ4v) is 2.06. The summed E-state index contributed by atoms with van der Waals surface area (Å²) in [5.41, 5.74) is 3.91. The average molecular weight is 244 g/mol. The number of benzene rings is 1. The van der Waals surface area contributed by atoms with E-state index in [-0.39, 0.29) is 5.97 Å². The normalized spacial score (nSPS) is 13.9. The minimum absolute atomic E-state index is 0.288. The van der Waals surface area contributed by atoms with Crippen molar-refractivity contribution < 1.29 is 14.3 Å². The molecule has 0 fully saturated rings. The minimum Gasteiger partial charge on any atom is -0.497 e. The van der Waals surface area contributed by atoms with Crippen molar-refractivity contribution in [1.82, 2.24) is 0 Å². The molecule has 0 aromatic heterocycles. The van der Waals surface area contributed by atoms with Gasteiger partial charge in [-0.15, -0.1) is 0 Å². The second kappa shape index (κ2) is 5.08. The fraction of sp³-hybridized carbons (Fsp3) is 0.267. The number of esters is 1. The Balaban J connectivity index is 2.42. The molecule has 0 amide bonds. The van der Waals surface area contributed by atoms with Gasteiger partial charge in [-0.1, -0.05) is 17.7 Å². The smallest absolute Gasteiger partial charge is 0.337 e. The number of carbonyl (C=O) groups is 1. The lowest BCUT2D eigenvalue weighted by Crippen LogP contribution is -2.05. The molecule has 18 heavy (non-hydrogen) atoms. The first-order valence-corrected chi connectivity index (χ1v) is 5.78. The van der Waals surface area contributed by atoms with Gasteiger partial charge in [0, 0.05) is 0 Å². The van der Waals surface area contributed by atoms with Gasteiger partial charge in [-0.25, -0.2) is 4.79 Å². The van der Waals surface area contributed by atoms with Crippen molar-refractivity contribution >= 4 is 12.0 Å². The molecule has 0 N–H and O–H groups in total. The van der Waals surface area contributed by atoms with Crippen LogP contribution in [0.1, 0.15) is 18.1 Å². The van der Waals surface area contributed by atoms with Crippen molar-refractivity contribution in [3.63, 3.8) is 0 Å². The molecule has 1 aliphatic rings. The molecule has 1 aromatic carbocycles. The molecule has 2 rings (SSSR count). The Kier molecular flexibility index (Phi) is 3.51. The van der Waals surface area contributed by atoms with Gasteiger partial charge in [-0.3, -0.25) is 0 Å². The number of hydrogen-bond donors (Lipinski definition) is 0. The zero-order valence-corrected chi connectivity index (χ0v) is 10.8. The van der Waals surface area contributed by atoms with Crippen molar-refractivity contribution in [1.29, 1.82) is 0 Å². The van der Waals surface area contributed by atoms with Crippen molar-refractivity contribution in [2.45, 2.75) is 13.3 Å². The summed E-state index contributed by atoms with van der Waals surface area (Å²) >= 11 is 0. The molecule has 0 saturated heterocycles. The molecule has 3 heteroatoms. The number of fused-ring (bicyclic) bond motifs is 1. The molecule has 0 unspecified atom stereocenters. The third-order valence-electron chi connectivity index (χ3n) is 3.10. The number of carbonyl (C=O) groups excluding carboxylic acids is 1. The van der Waals surface area contributed by atoms with Gasteiger partial charge in [0.25, 0.3) is 0 Å². The Morgan fingerprint density at radius 3 is 2.67 bits per heavy atom. The highest BCUT2D eigenvalue weighted by molar-refractivity contribution is 5.94. The lowest BCUT2D eigenvalue weighted by atomic mass is 10.0. The molecule has 0 spiro atoms. The summed E-state index contributed by atoms with van der Waals surface area (Å²) in [5, 5.41) is 0. The molecule has 0 saturated carbocycles. The van der Waals surface area contributed by atoms with Gasteiger partial charge in [0.1, 0.15) is 5.75 Å². The van der Waals surface area contributed by atoms with E-state index in [9.17, 15) is 4.79 Å². The van der Waals surface area contributed by atoms with Crippen LogP contribution in [-0.2, 0) is 16.0 Å². The average Bonchev–Trinajstić information content (AvgIpc) is 2.55. The Morgan fingerprint density at radius 2 is 2.00 bits per heavy atom. The molecule has 94 valence electrons. The van der Waals surface area contributed by atoms with Gasteiger partial charge in [0.15, 0.2) is 0 Å². The van der Waals surface area contributed by atoms with Crippen molar-refractivity contribution in [3.05, 3.63) is 46.5 Å². The third-order valence-corrected chi connectivity index (χ3v) is 3.10. The molecular weight excluding hydrogens is 228 g/mol. The molecule has 0 atom stereocenters. The molecule has 3 nitrogen and oxygen atoms in total. The van der Waals surface area contributed by atoms with Gasteiger partial charge < -0.3 is 9.47 Å². The molecular formula is C15H16O3. The Labute approximate surface area is 107 Å². The second-order valence-corrected chi connectivity index (χ2v) is 4.26. The van der Waals surface area contributed by atoms with E-state index in [0.29, 0.717) is 5.57 Å². The van der Waals surface area contributed by atoms with Gasteiger partial charge in [0.2, 0.25) is 0 Å². The molecule has 0 bridgehead atoms. The maximum atomic E-state index is 11.6. The Morgan fingerprint density at radius 1 is 1.22 bits per heavy atom. The first kappa shape index (κ1) is 12.4. The summed E-state index contributed by atoms with van der Waals surface area (Å²) in [6.07, 6.45) is 4.49. The number of hydrogen-bond acceptors (Lipinski definition) is 3. The van der Waals surface area contributed by atoms with Gasteiger partial charge in [-0.2, -0.15) is 0 Å². The lowest BCUT2D eigenvalue weighted by molar-refractivity contribution is -0.135. The van der Waals surface area contributed by atoms with Gasteiger partial charge >= 0.3 is 5.97 Å². The van der Waals surface area contributed by atoms with Crippen molar-refractivity contribution in [2.75, 3.05) is 14.2 Å². The number of methoxy groups -OCH3 is 2. The first-order valence-electron chi connectivity index (χ1n) is 5.78. The number of ether oxygens (including phenoxy) is 2. The molecule has 0 aliphatic heterocycles. The third kappa shape index (κ3) is 2.30. The highest BCUT2D eigenvalue weighted by Crippen LogP contribution is 2.26. The minimum atomic E-state index is -0.288. The van der Waals surface area contributed by atoms with Crippen LogP contribution in [0.3, 0.4) is 0 Å². The summed E-state index contributed by atoms with van der Waals surface area (Å²) in [4.78, 5) is 11.6. The van der Waals surface area contributed by atoms with E-state index in [2.05, 4.69) is 0 Å². The van der Waals surface area contributed by atoms with Gasteiger partial charge in [0.05, 0.1) is 19.8 Å². The van der Waals surface area contributed by atoms with Crippen LogP contribution >= 0.6 is 0 Å². The summed E-state index contributed by atoms with van der Waals surface area (Å²) in [6, 6.07) is 5.94. The predicted octanol–water partition coefficient (Wildman–Crippen LogP) is 2.75. The van der Waals surface area contributed by atoms with Gasteiger partial charge in [-0.05, 0) is 42.7 Å². The van der Waals surface area contributed by atoms with Crippen LogP contribution in [0.2, 0.25) is 0 Å². The quantitative estimate of drug-likeness (QED) is 0.750. The van der Waals surface area contributed by atoms with E-state index in [1.54, 1.807) is 7.11 Å². The van der Waals surface area contributed by atoms with Crippen LogP contribution in [-0.4, -0.2) is 20.2 Å². The van der Waals surface area contributed by atoms with Crippen LogP contribution in [0, 0.1) is 0 Å². The van der Waals surface area contributed by atoms with Crippen LogP contribution in [0.15, 0.2) is 35.4 Å². The SMILES string of the molecule is COC(=O)C1=C(C)Cc2ccc(OC)cc2C=C1. The van der Waals surface area contributed by atoms with E-state index in [1.807, 2.05) is 37.3 Å².